The van der Waals surface area contributed by atoms with Crippen molar-refractivity contribution in [2.45, 2.75) is 0 Å². The molecule has 0 saturated heterocycles. The molecule has 0 fully saturated rings. The first-order valence-corrected chi connectivity index (χ1v) is 9.35. The van der Waals surface area contributed by atoms with Crippen molar-refractivity contribution < 1.29 is 34.3 Å². The molecule has 0 aliphatic carbocycles. The molecule has 4 rings (SSSR count). The molecule has 181 valence electrons. The smallest absolute Gasteiger partial charge is 0.422 e. The molecule has 0 amide bonds. The summed E-state index contributed by atoms with van der Waals surface area (Å²) in [6, 6.07) is 24.5. The number of hydrogen-bond acceptors (Lipinski definition) is 6. The largest absolute Gasteiger partial charge is 2.00 e. The van der Waals surface area contributed by atoms with E-state index < -0.39 is 7.25 Å². The number of hydrogen-bond donors (Lipinski definition) is 0. The zero-order valence-electron chi connectivity index (χ0n) is 17.8. The van der Waals surface area contributed by atoms with Crippen molar-refractivity contribution in [2.24, 2.45) is 4.99 Å². The summed E-state index contributed by atoms with van der Waals surface area (Å²) in [5.41, 5.74) is 3.66. The second-order valence-corrected chi connectivity index (χ2v) is 5.67. The molecule has 4 heterocycles. The molecule has 0 spiro atoms. The molecule has 0 aliphatic heterocycles. The summed E-state index contributed by atoms with van der Waals surface area (Å²) in [7, 11) is -6.00. The molecular weight excluding hydrogens is 513 g/mol. The maximum absolute atomic E-state index is 9.75. The summed E-state index contributed by atoms with van der Waals surface area (Å²) < 4.78 is 39.0. The Labute approximate surface area is 209 Å². The van der Waals surface area contributed by atoms with Crippen molar-refractivity contribution in [3.8, 4) is 29.0 Å². The average molecular weight is 529 g/mol. The molecule has 7 nitrogen and oxygen atoms in total. The van der Waals surface area contributed by atoms with Gasteiger partial charge in [-0.25, -0.2) is 0 Å². The van der Waals surface area contributed by atoms with E-state index in [9.17, 15) is 17.3 Å². The van der Waals surface area contributed by atoms with Crippen LogP contribution in [0.2, 0.25) is 0 Å². The van der Waals surface area contributed by atoms with Crippen LogP contribution in [0.3, 0.4) is 0 Å². The summed E-state index contributed by atoms with van der Waals surface area (Å²) in [6.45, 7) is 0. The van der Waals surface area contributed by atoms with Crippen molar-refractivity contribution in [3.05, 3.63) is 103 Å². The van der Waals surface area contributed by atoms with E-state index in [0.717, 1.165) is 22.8 Å². The van der Waals surface area contributed by atoms with Gasteiger partial charge in [0.15, 0.2) is 0 Å². The van der Waals surface area contributed by atoms with E-state index in [1.807, 2.05) is 72.8 Å². The van der Waals surface area contributed by atoms with Gasteiger partial charge in [0, 0.05) is 24.8 Å². The van der Waals surface area contributed by atoms with Crippen molar-refractivity contribution in [2.75, 3.05) is 0 Å². The van der Waals surface area contributed by atoms with Crippen molar-refractivity contribution in [1.29, 1.82) is 5.26 Å². The van der Waals surface area contributed by atoms with E-state index in [-0.39, 0.29) is 17.1 Å². The summed E-state index contributed by atoms with van der Waals surface area (Å²) in [5.74, 6) is 0. The number of halogens is 4. The topological polar surface area (TPSA) is 110 Å². The minimum Gasteiger partial charge on any atom is -0.422 e. The SMILES string of the molecule is F[B-](F)(F)F.N#CN=C=[N-].[Cu+2].c1ccc(-c2ccccn2)nc1.c1ccc(-c2ccccn2)nc1. The van der Waals surface area contributed by atoms with Crippen LogP contribution >= 0.6 is 0 Å². The first kappa shape index (κ1) is 30.8. The fourth-order valence-corrected chi connectivity index (χ4v) is 2.08. The van der Waals surface area contributed by atoms with Crippen molar-refractivity contribution in [1.82, 2.24) is 19.9 Å². The summed E-state index contributed by atoms with van der Waals surface area (Å²) in [4.78, 5) is 19.3. The first-order chi connectivity index (χ1) is 16.3. The van der Waals surface area contributed by atoms with E-state index in [1.165, 1.54) is 12.2 Å². The van der Waals surface area contributed by atoms with Gasteiger partial charge in [0.25, 0.3) is 0 Å². The van der Waals surface area contributed by atoms with Gasteiger partial charge in [-0.1, -0.05) is 24.3 Å². The number of pyridine rings is 4. The van der Waals surface area contributed by atoms with E-state index in [1.54, 1.807) is 24.8 Å². The van der Waals surface area contributed by atoms with Crippen LogP contribution in [-0.4, -0.2) is 33.2 Å². The molecule has 1 radical (unpaired) electrons. The molecule has 35 heavy (non-hydrogen) atoms. The van der Waals surface area contributed by atoms with Gasteiger partial charge in [-0.15, -0.1) is 6.01 Å². The van der Waals surface area contributed by atoms with Gasteiger partial charge in [-0.05, 0) is 48.5 Å². The summed E-state index contributed by atoms with van der Waals surface area (Å²) in [5, 5.41) is 14.9. The van der Waals surface area contributed by atoms with Crippen molar-refractivity contribution in [3.63, 3.8) is 0 Å². The third kappa shape index (κ3) is 16.1. The zero-order valence-corrected chi connectivity index (χ0v) is 18.7. The normalized spacial score (nSPS) is 8.89. The Kier molecular flexibility index (Phi) is 16.0. The fraction of sp³-hybridized carbons (Fsp3) is 0. The Morgan fingerprint density at radius 1 is 0.629 bits per heavy atom. The Morgan fingerprint density at radius 3 is 1.00 bits per heavy atom. The van der Waals surface area contributed by atoms with Gasteiger partial charge in [0.1, 0.15) is 0 Å². The number of aromatic nitrogens is 4. The predicted octanol–water partition coefficient (Wildman–Crippen LogP) is 5.80. The molecule has 0 atom stereocenters. The molecule has 4 aromatic heterocycles. The summed E-state index contributed by atoms with van der Waals surface area (Å²) in [6.07, 6.45) is 8.35. The van der Waals surface area contributed by atoms with E-state index in [0.29, 0.717) is 0 Å². The molecular formula is C22H16BCuF4N7. The molecule has 0 aromatic carbocycles. The van der Waals surface area contributed by atoms with Gasteiger partial charge in [-0.3, -0.25) is 19.9 Å². The Morgan fingerprint density at radius 2 is 0.886 bits per heavy atom. The standard InChI is InChI=1S/2C10H8N2.C2N3.BF4.Cu/c2*1-3-7-11-9(5-1)10-6-2-4-8-12-10;3-1-5-2-4;2-1(3,4)5;/h2*1-8H;;;/q;;2*-1;+2. The molecule has 0 saturated carbocycles. The Bertz CT molecular complexity index is 1000. The second kappa shape index (κ2) is 18.2. The molecule has 13 heteroatoms. The quantitative estimate of drug-likeness (QED) is 0.141. The number of nitrogens with zero attached hydrogens (tertiary/aromatic N) is 7. The molecule has 0 unspecified atom stereocenters. The van der Waals surface area contributed by atoms with E-state index in [2.05, 4.69) is 24.9 Å². The van der Waals surface area contributed by atoms with E-state index in [4.69, 9.17) is 10.7 Å². The average Bonchev–Trinajstić information content (AvgIpc) is 2.87. The monoisotopic (exact) mass is 528 g/mol. The van der Waals surface area contributed by atoms with Gasteiger partial charge in [0.2, 0.25) is 0 Å². The molecule has 0 bridgehead atoms. The van der Waals surface area contributed by atoms with Crippen molar-refractivity contribution >= 4 is 13.3 Å². The van der Waals surface area contributed by atoms with E-state index >= 15 is 0 Å². The van der Waals surface area contributed by atoms with Crippen LogP contribution in [0.5, 0.6) is 0 Å². The van der Waals surface area contributed by atoms with Gasteiger partial charge in [0.05, 0.1) is 29.0 Å². The molecule has 4 aromatic rings. The third-order valence-electron chi connectivity index (χ3n) is 3.28. The Balaban J connectivity index is 0.000000475. The predicted molar refractivity (Wildman–Crippen MR) is 122 cm³/mol. The summed E-state index contributed by atoms with van der Waals surface area (Å²) >= 11 is 0. The van der Waals surface area contributed by atoms with Gasteiger partial charge >= 0.3 is 24.3 Å². The Hall–Kier alpha value is -4.23. The maximum atomic E-state index is 9.75. The van der Waals surface area contributed by atoms with Crippen LogP contribution in [0.4, 0.5) is 17.3 Å². The van der Waals surface area contributed by atoms with Gasteiger partial charge < -0.3 is 27.7 Å². The maximum Gasteiger partial charge on any atom is 2.00 e. The number of nitriles is 1. The van der Waals surface area contributed by atoms with Crippen LogP contribution < -0.4 is 0 Å². The minimum atomic E-state index is -6.00. The van der Waals surface area contributed by atoms with Crippen LogP contribution in [0.25, 0.3) is 28.2 Å². The minimum absolute atomic E-state index is 0. The molecule has 0 N–H and O–H groups in total. The van der Waals surface area contributed by atoms with Gasteiger partial charge in [-0.2, -0.15) is 5.26 Å². The zero-order chi connectivity index (χ0) is 25.1. The third-order valence-corrected chi connectivity index (χ3v) is 3.28. The number of rotatable bonds is 2. The fourth-order valence-electron chi connectivity index (χ4n) is 2.08. The van der Waals surface area contributed by atoms with Crippen LogP contribution in [0.15, 0.2) is 103 Å². The molecule has 0 aliphatic rings. The van der Waals surface area contributed by atoms with Crippen LogP contribution in [-0.2, 0) is 17.1 Å². The first-order valence-electron chi connectivity index (χ1n) is 9.35. The van der Waals surface area contributed by atoms with Crippen LogP contribution in [0.1, 0.15) is 0 Å². The second-order valence-electron chi connectivity index (χ2n) is 5.67. The number of aliphatic imine (C=N–C) groups is 1. The van der Waals surface area contributed by atoms with Crippen LogP contribution in [0, 0.1) is 11.5 Å².